The molecule has 2 aliphatic rings. The van der Waals surface area contributed by atoms with Gasteiger partial charge in [0.15, 0.2) is 11.8 Å². The lowest BCUT2D eigenvalue weighted by Crippen LogP contribution is -2.32. The molecular formula is C20H21N5O4. The molecule has 150 valence electrons. The molecule has 5 rings (SSSR count). The summed E-state index contributed by atoms with van der Waals surface area (Å²) in [5.74, 6) is 1.62. The Balaban J connectivity index is 1.27. The number of rotatable bonds is 6. The Hall–Kier alpha value is -3.36. The molecule has 0 aromatic carbocycles. The van der Waals surface area contributed by atoms with Crippen molar-refractivity contribution in [2.45, 2.75) is 25.4 Å². The van der Waals surface area contributed by atoms with Crippen molar-refractivity contribution in [3.05, 3.63) is 47.1 Å². The van der Waals surface area contributed by atoms with Crippen molar-refractivity contribution >= 4 is 17.2 Å². The summed E-state index contributed by atoms with van der Waals surface area (Å²) in [6.07, 6.45) is 5.64. The van der Waals surface area contributed by atoms with Gasteiger partial charge in [0, 0.05) is 32.3 Å². The van der Waals surface area contributed by atoms with Gasteiger partial charge in [0.05, 0.1) is 18.5 Å². The van der Waals surface area contributed by atoms with Crippen molar-refractivity contribution in [2.24, 2.45) is 13.0 Å². The standard InChI is InChI=1S/C20H21N5O4/c1-23-20(27)25-11-14(4-6-17(25)22-23)24-9-8-16(19(24)26)29-15-5-7-18(21-10-15)28-12-13-2-3-13/h4-7,10-11,13,16H,2-3,8-9,12H2,1H3. The maximum Gasteiger partial charge on any atom is 0.350 e. The Morgan fingerprint density at radius 2 is 2.00 bits per heavy atom. The summed E-state index contributed by atoms with van der Waals surface area (Å²) >= 11 is 0. The molecule has 0 bridgehead atoms. The molecule has 0 radical (unpaired) electrons. The number of fused-ring (bicyclic) bond motifs is 1. The van der Waals surface area contributed by atoms with E-state index in [1.54, 1.807) is 48.6 Å². The molecule has 29 heavy (non-hydrogen) atoms. The number of anilines is 1. The summed E-state index contributed by atoms with van der Waals surface area (Å²) in [5, 5.41) is 4.13. The summed E-state index contributed by atoms with van der Waals surface area (Å²) in [5.41, 5.74) is 0.928. The van der Waals surface area contributed by atoms with Crippen LogP contribution in [0.3, 0.4) is 0 Å². The zero-order valence-corrected chi connectivity index (χ0v) is 16.0. The normalized spacial score (nSPS) is 19.1. The molecule has 1 amide bonds. The van der Waals surface area contributed by atoms with Crippen molar-refractivity contribution in [3.8, 4) is 11.6 Å². The molecule has 3 aromatic heterocycles. The third kappa shape index (κ3) is 3.43. The van der Waals surface area contributed by atoms with E-state index in [0.717, 1.165) is 0 Å². The Morgan fingerprint density at radius 3 is 2.76 bits per heavy atom. The van der Waals surface area contributed by atoms with E-state index < -0.39 is 6.10 Å². The first kappa shape index (κ1) is 17.7. The summed E-state index contributed by atoms with van der Waals surface area (Å²) in [6.45, 7) is 1.22. The number of carbonyl (C=O) groups excluding carboxylic acids is 1. The summed E-state index contributed by atoms with van der Waals surface area (Å²) in [7, 11) is 1.59. The minimum absolute atomic E-state index is 0.143. The number of hydrogen-bond donors (Lipinski definition) is 0. The molecule has 1 atom stereocenters. The quantitative estimate of drug-likeness (QED) is 0.627. The van der Waals surface area contributed by atoms with Gasteiger partial charge < -0.3 is 14.4 Å². The Kier molecular flexibility index (Phi) is 4.22. The molecular weight excluding hydrogens is 374 g/mol. The molecule has 1 unspecified atom stereocenters. The highest BCUT2D eigenvalue weighted by atomic mass is 16.5. The summed E-state index contributed by atoms with van der Waals surface area (Å²) in [4.78, 5) is 30.8. The zero-order valence-electron chi connectivity index (χ0n) is 16.0. The minimum atomic E-state index is -0.587. The highest BCUT2D eigenvalue weighted by molar-refractivity contribution is 5.99. The van der Waals surface area contributed by atoms with Crippen molar-refractivity contribution in [1.82, 2.24) is 19.2 Å². The highest BCUT2D eigenvalue weighted by Crippen LogP contribution is 2.29. The second-order valence-electron chi connectivity index (χ2n) is 7.49. The van der Waals surface area contributed by atoms with E-state index in [2.05, 4.69) is 10.1 Å². The van der Waals surface area contributed by atoms with Gasteiger partial charge in [-0.3, -0.25) is 4.79 Å². The fourth-order valence-electron chi connectivity index (χ4n) is 3.42. The maximum absolute atomic E-state index is 12.8. The van der Waals surface area contributed by atoms with Gasteiger partial charge in [0.2, 0.25) is 5.88 Å². The number of pyridine rings is 2. The molecule has 1 aliphatic heterocycles. The predicted molar refractivity (Wildman–Crippen MR) is 104 cm³/mol. The van der Waals surface area contributed by atoms with E-state index in [9.17, 15) is 9.59 Å². The second-order valence-corrected chi connectivity index (χ2v) is 7.49. The topological polar surface area (TPSA) is 91.0 Å². The minimum Gasteiger partial charge on any atom is -0.479 e. The van der Waals surface area contributed by atoms with Crippen molar-refractivity contribution in [2.75, 3.05) is 18.1 Å². The van der Waals surface area contributed by atoms with Crippen LogP contribution >= 0.6 is 0 Å². The van der Waals surface area contributed by atoms with Crippen LogP contribution in [0.2, 0.25) is 0 Å². The van der Waals surface area contributed by atoms with Crippen LogP contribution in [-0.2, 0) is 11.8 Å². The SMILES string of the molecule is Cn1nc2ccc(N3CCC(Oc4ccc(OCC5CC5)nc4)C3=O)cn2c1=O. The Labute approximate surface area is 166 Å². The van der Waals surface area contributed by atoms with Gasteiger partial charge in [0.25, 0.3) is 5.91 Å². The second kappa shape index (κ2) is 6.91. The first-order valence-corrected chi connectivity index (χ1v) is 9.71. The lowest BCUT2D eigenvalue weighted by atomic mass is 10.3. The van der Waals surface area contributed by atoms with Gasteiger partial charge in [0.1, 0.15) is 5.75 Å². The van der Waals surface area contributed by atoms with Crippen LogP contribution in [0.25, 0.3) is 5.65 Å². The largest absolute Gasteiger partial charge is 0.479 e. The van der Waals surface area contributed by atoms with E-state index in [0.29, 0.717) is 48.5 Å². The predicted octanol–water partition coefficient (Wildman–Crippen LogP) is 1.40. The molecule has 0 spiro atoms. The van der Waals surface area contributed by atoms with Gasteiger partial charge in [-0.15, -0.1) is 0 Å². The van der Waals surface area contributed by atoms with Gasteiger partial charge in [-0.2, -0.15) is 5.10 Å². The highest BCUT2D eigenvalue weighted by Gasteiger charge is 2.34. The number of hydrogen-bond acceptors (Lipinski definition) is 6. The third-order valence-corrected chi connectivity index (χ3v) is 5.27. The number of amides is 1. The maximum atomic E-state index is 12.8. The lowest BCUT2D eigenvalue weighted by Gasteiger charge is -2.17. The molecule has 1 aliphatic carbocycles. The van der Waals surface area contributed by atoms with Crippen molar-refractivity contribution in [1.29, 1.82) is 0 Å². The van der Waals surface area contributed by atoms with Crippen LogP contribution in [0, 0.1) is 5.92 Å². The van der Waals surface area contributed by atoms with Gasteiger partial charge in [-0.05, 0) is 37.0 Å². The Morgan fingerprint density at radius 1 is 1.14 bits per heavy atom. The van der Waals surface area contributed by atoms with Gasteiger partial charge in [-0.1, -0.05) is 0 Å². The number of carbonyl (C=O) groups is 1. The average molecular weight is 395 g/mol. The van der Waals surface area contributed by atoms with Crippen LogP contribution < -0.4 is 20.1 Å². The average Bonchev–Trinajstić information content (AvgIpc) is 3.44. The monoisotopic (exact) mass is 395 g/mol. The first-order chi connectivity index (χ1) is 14.1. The molecule has 4 heterocycles. The number of aromatic nitrogens is 4. The third-order valence-electron chi connectivity index (χ3n) is 5.27. The van der Waals surface area contributed by atoms with Crippen LogP contribution in [0.5, 0.6) is 11.6 Å². The van der Waals surface area contributed by atoms with Crippen LogP contribution in [-0.4, -0.2) is 44.3 Å². The van der Waals surface area contributed by atoms with Gasteiger partial charge >= 0.3 is 5.69 Å². The number of aryl methyl sites for hydroxylation is 1. The fraction of sp³-hybridized carbons (Fsp3) is 0.400. The molecule has 9 nitrogen and oxygen atoms in total. The van der Waals surface area contributed by atoms with Crippen molar-refractivity contribution in [3.63, 3.8) is 0 Å². The van der Waals surface area contributed by atoms with E-state index in [4.69, 9.17) is 9.47 Å². The van der Waals surface area contributed by atoms with Crippen LogP contribution in [0.1, 0.15) is 19.3 Å². The molecule has 1 saturated carbocycles. The molecule has 1 saturated heterocycles. The summed E-state index contributed by atoms with van der Waals surface area (Å²) in [6, 6.07) is 7.04. The van der Waals surface area contributed by atoms with E-state index in [1.165, 1.54) is 21.9 Å². The van der Waals surface area contributed by atoms with E-state index in [1.807, 2.05) is 0 Å². The zero-order chi connectivity index (χ0) is 20.0. The molecule has 3 aromatic rings. The first-order valence-electron chi connectivity index (χ1n) is 9.71. The number of ether oxygens (including phenoxy) is 2. The van der Waals surface area contributed by atoms with Crippen LogP contribution in [0.4, 0.5) is 5.69 Å². The summed E-state index contributed by atoms with van der Waals surface area (Å²) < 4.78 is 14.2. The van der Waals surface area contributed by atoms with Gasteiger partial charge in [-0.25, -0.2) is 18.9 Å². The number of nitrogens with zero attached hydrogens (tertiary/aromatic N) is 5. The Bertz CT molecular complexity index is 1120. The molecule has 9 heteroatoms. The fourth-order valence-corrected chi connectivity index (χ4v) is 3.42. The van der Waals surface area contributed by atoms with E-state index >= 15 is 0 Å². The van der Waals surface area contributed by atoms with Crippen LogP contribution in [0.15, 0.2) is 41.5 Å². The molecule has 2 fully saturated rings. The molecule has 0 N–H and O–H groups in total. The lowest BCUT2D eigenvalue weighted by molar-refractivity contribution is -0.122. The smallest absolute Gasteiger partial charge is 0.350 e. The van der Waals surface area contributed by atoms with E-state index in [-0.39, 0.29) is 11.6 Å². The van der Waals surface area contributed by atoms with Crippen molar-refractivity contribution < 1.29 is 14.3 Å².